The molecule has 2 heterocycles. The van der Waals surface area contributed by atoms with E-state index in [1.54, 1.807) is 0 Å². The minimum atomic E-state index is -1.14. The van der Waals surface area contributed by atoms with Crippen LogP contribution >= 0.6 is 15.9 Å². The highest BCUT2D eigenvalue weighted by molar-refractivity contribution is 9.10. The molecule has 3 rings (SSSR count). The Hall–Kier alpha value is -3.06. The van der Waals surface area contributed by atoms with Crippen molar-refractivity contribution in [3.63, 3.8) is 0 Å². The highest BCUT2D eigenvalue weighted by Crippen LogP contribution is 2.26. The molecule has 27 heavy (non-hydrogen) atoms. The smallest absolute Gasteiger partial charge is 0.446 e. The van der Waals surface area contributed by atoms with Crippen molar-refractivity contribution >= 4 is 27.7 Å². The van der Waals surface area contributed by atoms with Crippen molar-refractivity contribution in [1.82, 2.24) is 20.0 Å². The molecule has 0 radical (unpaired) electrons. The fourth-order valence-electron chi connectivity index (χ4n) is 2.17. The molecule has 0 aliphatic rings. The van der Waals surface area contributed by atoms with Crippen LogP contribution in [-0.4, -0.2) is 43.7 Å². The van der Waals surface area contributed by atoms with Crippen molar-refractivity contribution in [2.45, 2.75) is 12.5 Å². The second kappa shape index (κ2) is 7.67. The van der Waals surface area contributed by atoms with Crippen LogP contribution in [0.2, 0.25) is 0 Å². The number of halogens is 2. The maximum atomic E-state index is 13.5. The van der Waals surface area contributed by atoms with Crippen molar-refractivity contribution in [3.05, 3.63) is 39.0 Å². The van der Waals surface area contributed by atoms with Gasteiger partial charge in [-0.2, -0.15) is 0 Å². The number of nitrogens with two attached hydrogens (primary N) is 1. The number of benzene rings is 1. The van der Waals surface area contributed by atoms with Crippen molar-refractivity contribution in [2.75, 3.05) is 11.9 Å². The summed E-state index contributed by atoms with van der Waals surface area (Å²) in [6.07, 6.45) is 0.109. The van der Waals surface area contributed by atoms with Gasteiger partial charge in [0.2, 0.25) is 11.6 Å². The van der Waals surface area contributed by atoms with Gasteiger partial charge < -0.3 is 16.2 Å². The number of aliphatic carboxylic acids is 1. The lowest BCUT2D eigenvalue weighted by molar-refractivity contribution is -0.138. The Morgan fingerprint density at radius 1 is 1.41 bits per heavy atom. The van der Waals surface area contributed by atoms with Crippen molar-refractivity contribution in [1.29, 1.82) is 0 Å². The van der Waals surface area contributed by atoms with Crippen LogP contribution in [-0.2, 0) is 4.79 Å². The summed E-state index contributed by atoms with van der Waals surface area (Å²) in [6.45, 7) is 0.152. The predicted molar refractivity (Wildman–Crippen MR) is 91.8 cm³/mol. The van der Waals surface area contributed by atoms with Gasteiger partial charge >= 0.3 is 11.7 Å². The molecule has 1 aromatic carbocycles. The fourth-order valence-corrected chi connectivity index (χ4v) is 2.54. The number of nitrogens with one attached hydrogen (secondary N) is 1. The first-order chi connectivity index (χ1) is 12.9. The van der Waals surface area contributed by atoms with Gasteiger partial charge in [0.1, 0.15) is 11.9 Å². The molecule has 1 atom stereocenters. The van der Waals surface area contributed by atoms with E-state index in [4.69, 9.17) is 10.8 Å². The monoisotopic (exact) mass is 442 g/mol. The molecule has 3 aromatic rings. The van der Waals surface area contributed by atoms with Gasteiger partial charge in [-0.3, -0.25) is 9.32 Å². The van der Waals surface area contributed by atoms with Gasteiger partial charge in [-0.25, -0.2) is 18.4 Å². The summed E-state index contributed by atoms with van der Waals surface area (Å²) in [6, 6.07) is 2.83. The van der Waals surface area contributed by atoms with Gasteiger partial charge in [-0.15, -0.1) is 0 Å². The number of anilines is 1. The number of hydrogen-bond donors (Lipinski definition) is 3. The normalized spacial score (nSPS) is 12.1. The maximum Gasteiger partial charge on any atom is 0.446 e. The molecule has 13 heteroatoms. The molecule has 0 amide bonds. The number of rotatable bonds is 7. The average molecular weight is 443 g/mol. The second-order valence-corrected chi connectivity index (χ2v) is 6.18. The standard InChI is InChI=1S/C14H12BrFN6O5/c15-7-5-6(1-2-8(7)16)22-12(21-26-14(22)25)10-11(20-27-19-10)18-4-3-9(17)13(23)24/h1-2,5,9H,3-4,17H2,(H,18,20)(H,23,24). The Morgan fingerprint density at radius 3 is 2.89 bits per heavy atom. The van der Waals surface area contributed by atoms with Crippen molar-refractivity contribution in [3.8, 4) is 17.2 Å². The summed E-state index contributed by atoms with van der Waals surface area (Å²) in [5, 5.41) is 22.6. The molecular weight excluding hydrogens is 431 g/mol. The summed E-state index contributed by atoms with van der Waals surface area (Å²) in [4.78, 5) is 22.8. The highest BCUT2D eigenvalue weighted by Gasteiger charge is 2.23. The minimum Gasteiger partial charge on any atom is -0.480 e. The first-order valence-electron chi connectivity index (χ1n) is 7.48. The third-order valence-electron chi connectivity index (χ3n) is 3.53. The first kappa shape index (κ1) is 18.7. The number of aromatic nitrogens is 4. The third kappa shape index (κ3) is 3.88. The minimum absolute atomic E-state index is 0.0372. The van der Waals surface area contributed by atoms with Crippen LogP contribution in [0.5, 0.6) is 0 Å². The highest BCUT2D eigenvalue weighted by atomic mass is 79.9. The van der Waals surface area contributed by atoms with Crippen molar-refractivity contribution in [2.24, 2.45) is 5.73 Å². The zero-order chi connectivity index (χ0) is 19.6. The molecule has 0 saturated carbocycles. The number of carboxylic acids is 1. The van der Waals surface area contributed by atoms with Crippen LogP contribution in [0.25, 0.3) is 17.2 Å². The quantitative estimate of drug-likeness (QED) is 0.480. The van der Waals surface area contributed by atoms with E-state index in [2.05, 4.69) is 45.9 Å². The lowest BCUT2D eigenvalue weighted by atomic mass is 10.2. The lowest BCUT2D eigenvalue weighted by Crippen LogP contribution is -2.32. The van der Waals surface area contributed by atoms with E-state index in [-0.39, 0.29) is 40.5 Å². The largest absolute Gasteiger partial charge is 0.480 e. The molecule has 0 saturated heterocycles. The van der Waals surface area contributed by atoms with E-state index in [0.717, 1.165) is 10.6 Å². The van der Waals surface area contributed by atoms with Crippen LogP contribution in [0.3, 0.4) is 0 Å². The van der Waals surface area contributed by atoms with Gasteiger partial charge in [-0.1, -0.05) is 5.16 Å². The SMILES string of the molecule is NC(CCNc1nonc1-c1noc(=O)n1-c1ccc(F)c(Br)c1)C(=O)O. The first-order valence-corrected chi connectivity index (χ1v) is 8.27. The Bertz CT molecular complexity index is 1030. The van der Waals surface area contributed by atoms with E-state index in [9.17, 15) is 14.0 Å². The molecule has 0 spiro atoms. The third-order valence-corrected chi connectivity index (χ3v) is 4.14. The molecule has 142 valence electrons. The van der Waals surface area contributed by atoms with E-state index in [0.29, 0.717) is 0 Å². The molecule has 0 aliphatic heterocycles. The van der Waals surface area contributed by atoms with Crippen LogP contribution in [0.15, 0.2) is 36.6 Å². The molecular formula is C14H12BrFN6O5. The molecule has 0 bridgehead atoms. The number of carbonyl (C=O) groups is 1. The summed E-state index contributed by atoms with van der Waals surface area (Å²) in [7, 11) is 0. The number of nitrogens with zero attached hydrogens (tertiary/aromatic N) is 4. The van der Waals surface area contributed by atoms with Crippen LogP contribution in [0.4, 0.5) is 10.2 Å². The molecule has 4 N–H and O–H groups in total. The number of carboxylic acid groups (broad SMARTS) is 1. The molecule has 0 fully saturated rings. The average Bonchev–Trinajstić information content (AvgIpc) is 3.23. The van der Waals surface area contributed by atoms with E-state index in [1.165, 1.54) is 12.1 Å². The van der Waals surface area contributed by atoms with Gasteiger partial charge in [0.25, 0.3) is 0 Å². The zero-order valence-corrected chi connectivity index (χ0v) is 15.0. The fraction of sp³-hybridized carbons (Fsp3) is 0.214. The Kier molecular flexibility index (Phi) is 5.32. The van der Waals surface area contributed by atoms with Crippen LogP contribution in [0.1, 0.15) is 6.42 Å². The topological polar surface area (TPSA) is 162 Å². The lowest BCUT2D eigenvalue weighted by Gasteiger charge is -2.07. The van der Waals surface area contributed by atoms with Crippen molar-refractivity contribution < 1.29 is 23.4 Å². The van der Waals surface area contributed by atoms with E-state index in [1.807, 2.05) is 0 Å². The van der Waals surface area contributed by atoms with E-state index >= 15 is 0 Å². The Labute approximate surface area is 158 Å². The van der Waals surface area contributed by atoms with Gasteiger partial charge in [0.15, 0.2) is 5.69 Å². The summed E-state index contributed by atoms with van der Waals surface area (Å²) in [5.74, 6) is -2.40. The Balaban J connectivity index is 1.91. The van der Waals surface area contributed by atoms with Gasteiger partial charge in [0, 0.05) is 6.54 Å². The van der Waals surface area contributed by atoms with E-state index < -0.39 is 23.6 Å². The molecule has 2 aromatic heterocycles. The second-order valence-electron chi connectivity index (χ2n) is 5.33. The predicted octanol–water partition coefficient (Wildman–Crippen LogP) is 0.991. The Morgan fingerprint density at radius 2 is 2.19 bits per heavy atom. The summed E-state index contributed by atoms with van der Waals surface area (Å²) < 4.78 is 24.0. The van der Waals surface area contributed by atoms with Gasteiger partial charge in [0.05, 0.1) is 10.2 Å². The molecule has 0 aliphatic carbocycles. The van der Waals surface area contributed by atoms with Crippen LogP contribution < -0.4 is 16.8 Å². The zero-order valence-electron chi connectivity index (χ0n) is 13.4. The number of hydrogen-bond acceptors (Lipinski definition) is 9. The van der Waals surface area contributed by atoms with Gasteiger partial charge in [-0.05, 0) is 50.9 Å². The maximum absolute atomic E-state index is 13.5. The molecule has 11 nitrogen and oxygen atoms in total. The van der Waals surface area contributed by atoms with Crippen LogP contribution in [0, 0.1) is 5.82 Å². The molecule has 1 unspecified atom stereocenters. The summed E-state index contributed by atoms with van der Waals surface area (Å²) >= 11 is 3.04. The summed E-state index contributed by atoms with van der Waals surface area (Å²) in [5.41, 5.74) is 5.74.